The Morgan fingerprint density at radius 1 is 1.25 bits per heavy atom. The van der Waals surface area contributed by atoms with Crippen LogP contribution in [0.25, 0.3) is 0 Å². The lowest BCUT2D eigenvalue weighted by atomic mass is 9.72. The quantitative estimate of drug-likeness (QED) is 0.622. The van der Waals surface area contributed by atoms with E-state index in [1.54, 1.807) is 24.3 Å². The first kappa shape index (κ1) is 12.8. The highest BCUT2D eigenvalue weighted by atomic mass is 16.5. The summed E-state index contributed by atoms with van der Waals surface area (Å²) in [5.41, 5.74) is -0.814. The summed E-state index contributed by atoms with van der Waals surface area (Å²) in [6, 6.07) is 6.42. The Morgan fingerprint density at radius 3 is 2.15 bits per heavy atom. The molecule has 1 aliphatic heterocycles. The van der Waals surface area contributed by atoms with Gasteiger partial charge in [0.05, 0.1) is 24.3 Å². The number of benzene rings is 1. The predicted octanol–water partition coefficient (Wildman–Crippen LogP) is 0.349. The molecule has 0 radical (unpaired) electrons. The topological polar surface area (TPSA) is 83.9 Å². The van der Waals surface area contributed by atoms with Gasteiger partial charge in [0.25, 0.3) is 11.8 Å². The molecule has 1 aliphatic carbocycles. The van der Waals surface area contributed by atoms with Crippen LogP contribution < -0.4 is 0 Å². The number of hydrogen-bond donors (Lipinski definition) is 1. The van der Waals surface area contributed by atoms with Crippen LogP contribution in [0.4, 0.5) is 0 Å². The van der Waals surface area contributed by atoms with Crippen molar-refractivity contribution < 1.29 is 24.2 Å². The lowest BCUT2D eigenvalue weighted by Crippen LogP contribution is -2.66. The van der Waals surface area contributed by atoms with Gasteiger partial charge in [0.15, 0.2) is 5.54 Å². The molecule has 0 aromatic heterocycles. The SMILES string of the molecule is COC(=O)C1(N2C(=O)c3ccccc3C2=O)CC(O)C1. The van der Waals surface area contributed by atoms with E-state index in [1.807, 2.05) is 0 Å². The Morgan fingerprint density at radius 2 is 1.75 bits per heavy atom. The summed E-state index contributed by atoms with van der Waals surface area (Å²) in [4.78, 5) is 37.7. The summed E-state index contributed by atoms with van der Waals surface area (Å²) in [7, 11) is 1.20. The second kappa shape index (κ2) is 4.14. The largest absolute Gasteiger partial charge is 0.467 e. The van der Waals surface area contributed by atoms with Crippen LogP contribution >= 0.6 is 0 Å². The number of methoxy groups -OCH3 is 1. The van der Waals surface area contributed by atoms with Crippen molar-refractivity contribution in [2.24, 2.45) is 0 Å². The van der Waals surface area contributed by atoms with Crippen LogP contribution in [-0.4, -0.2) is 46.5 Å². The fourth-order valence-corrected chi connectivity index (χ4v) is 2.93. The van der Waals surface area contributed by atoms with Crippen LogP contribution in [0.15, 0.2) is 24.3 Å². The summed E-state index contributed by atoms with van der Waals surface area (Å²) in [6.45, 7) is 0. The summed E-state index contributed by atoms with van der Waals surface area (Å²) in [5.74, 6) is -1.69. The zero-order valence-corrected chi connectivity index (χ0v) is 10.8. The number of amides is 2. The minimum atomic E-state index is -1.37. The molecule has 20 heavy (non-hydrogen) atoms. The number of hydrogen-bond acceptors (Lipinski definition) is 5. The molecule has 0 unspecified atom stereocenters. The lowest BCUT2D eigenvalue weighted by Gasteiger charge is -2.47. The number of rotatable bonds is 2. The molecular formula is C14H13NO5. The zero-order chi connectivity index (χ0) is 14.5. The Bertz CT molecular complexity index is 583. The first-order chi connectivity index (χ1) is 9.51. The molecule has 2 amide bonds. The number of carbonyl (C=O) groups excluding carboxylic acids is 3. The Labute approximate surface area is 114 Å². The Balaban J connectivity index is 2.05. The molecule has 1 N–H and O–H groups in total. The van der Waals surface area contributed by atoms with Gasteiger partial charge in [-0.25, -0.2) is 4.79 Å². The third-order valence-corrected chi connectivity index (χ3v) is 3.93. The van der Waals surface area contributed by atoms with Crippen LogP contribution in [0.5, 0.6) is 0 Å². The predicted molar refractivity (Wildman–Crippen MR) is 66.9 cm³/mol. The van der Waals surface area contributed by atoms with Gasteiger partial charge >= 0.3 is 5.97 Å². The number of aliphatic hydroxyl groups is 1. The second-order valence-electron chi connectivity index (χ2n) is 5.08. The molecule has 3 rings (SSSR count). The van der Waals surface area contributed by atoms with Gasteiger partial charge in [-0.3, -0.25) is 14.5 Å². The van der Waals surface area contributed by atoms with E-state index in [0.29, 0.717) is 0 Å². The van der Waals surface area contributed by atoms with Gasteiger partial charge in [0.1, 0.15) is 0 Å². The van der Waals surface area contributed by atoms with Gasteiger partial charge < -0.3 is 9.84 Å². The minimum Gasteiger partial charge on any atom is -0.467 e. The monoisotopic (exact) mass is 275 g/mol. The van der Waals surface area contributed by atoms with Crippen molar-refractivity contribution in [2.75, 3.05) is 7.11 Å². The van der Waals surface area contributed by atoms with Crippen molar-refractivity contribution in [1.82, 2.24) is 4.90 Å². The van der Waals surface area contributed by atoms with E-state index < -0.39 is 29.4 Å². The Hall–Kier alpha value is -2.21. The fraction of sp³-hybridized carbons (Fsp3) is 0.357. The van der Waals surface area contributed by atoms with E-state index in [-0.39, 0.29) is 24.0 Å². The van der Waals surface area contributed by atoms with E-state index in [9.17, 15) is 19.5 Å². The average Bonchev–Trinajstić information content (AvgIpc) is 2.67. The van der Waals surface area contributed by atoms with Crippen LogP contribution in [0.2, 0.25) is 0 Å². The van der Waals surface area contributed by atoms with Gasteiger partial charge in [0.2, 0.25) is 0 Å². The van der Waals surface area contributed by atoms with E-state index in [2.05, 4.69) is 0 Å². The molecule has 104 valence electrons. The maximum absolute atomic E-state index is 12.4. The van der Waals surface area contributed by atoms with Gasteiger partial charge in [-0.05, 0) is 12.1 Å². The maximum atomic E-state index is 12.4. The molecule has 1 aromatic carbocycles. The van der Waals surface area contributed by atoms with E-state index in [4.69, 9.17) is 4.74 Å². The van der Waals surface area contributed by atoms with Crippen LogP contribution in [0, 0.1) is 0 Å². The molecule has 0 bridgehead atoms. The van der Waals surface area contributed by atoms with Crippen LogP contribution in [-0.2, 0) is 9.53 Å². The molecular weight excluding hydrogens is 262 g/mol. The second-order valence-corrected chi connectivity index (χ2v) is 5.08. The lowest BCUT2D eigenvalue weighted by molar-refractivity contribution is -0.165. The number of ether oxygens (including phenoxy) is 1. The maximum Gasteiger partial charge on any atom is 0.332 e. The van der Waals surface area contributed by atoms with Gasteiger partial charge in [0, 0.05) is 12.8 Å². The van der Waals surface area contributed by atoms with Gasteiger partial charge in [-0.1, -0.05) is 12.1 Å². The molecule has 0 saturated heterocycles. The smallest absolute Gasteiger partial charge is 0.332 e. The molecule has 2 aliphatic rings. The standard InChI is InChI=1S/C14H13NO5/c1-20-13(19)14(6-8(16)7-14)15-11(17)9-4-2-3-5-10(9)12(15)18/h2-5,8,16H,6-7H2,1H3. The first-order valence-corrected chi connectivity index (χ1v) is 6.25. The van der Waals surface area contributed by atoms with Gasteiger partial charge in [-0.2, -0.15) is 0 Å². The van der Waals surface area contributed by atoms with Crippen LogP contribution in [0.3, 0.4) is 0 Å². The van der Waals surface area contributed by atoms with E-state index >= 15 is 0 Å². The van der Waals surface area contributed by atoms with Crippen molar-refractivity contribution in [1.29, 1.82) is 0 Å². The van der Waals surface area contributed by atoms with Crippen molar-refractivity contribution in [3.05, 3.63) is 35.4 Å². The first-order valence-electron chi connectivity index (χ1n) is 6.25. The Kier molecular flexibility index (Phi) is 2.65. The van der Waals surface area contributed by atoms with E-state index in [0.717, 1.165) is 4.90 Å². The molecule has 6 nitrogen and oxygen atoms in total. The van der Waals surface area contributed by atoms with Gasteiger partial charge in [-0.15, -0.1) is 0 Å². The highest BCUT2D eigenvalue weighted by molar-refractivity contribution is 6.23. The van der Waals surface area contributed by atoms with Crippen molar-refractivity contribution in [2.45, 2.75) is 24.5 Å². The van der Waals surface area contributed by atoms with Crippen LogP contribution in [0.1, 0.15) is 33.6 Å². The molecule has 1 aromatic rings. The number of nitrogens with zero attached hydrogens (tertiary/aromatic N) is 1. The highest BCUT2D eigenvalue weighted by Gasteiger charge is 2.61. The molecule has 1 heterocycles. The summed E-state index contributed by atoms with van der Waals surface area (Å²) < 4.78 is 4.72. The summed E-state index contributed by atoms with van der Waals surface area (Å²) in [6.07, 6.45) is -0.672. The zero-order valence-electron chi connectivity index (χ0n) is 10.8. The minimum absolute atomic E-state index is 0.0190. The molecule has 0 atom stereocenters. The molecule has 0 spiro atoms. The van der Waals surface area contributed by atoms with Crippen molar-refractivity contribution in [3.8, 4) is 0 Å². The number of esters is 1. The number of imide groups is 1. The highest BCUT2D eigenvalue weighted by Crippen LogP contribution is 2.43. The molecule has 1 saturated carbocycles. The molecule has 1 fully saturated rings. The number of carbonyl (C=O) groups is 3. The van der Waals surface area contributed by atoms with E-state index in [1.165, 1.54) is 7.11 Å². The molecule has 6 heteroatoms. The third-order valence-electron chi connectivity index (χ3n) is 3.93. The average molecular weight is 275 g/mol. The number of aliphatic hydroxyl groups excluding tert-OH is 1. The van der Waals surface area contributed by atoms with Crippen molar-refractivity contribution >= 4 is 17.8 Å². The fourth-order valence-electron chi connectivity index (χ4n) is 2.93. The summed E-state index contributed by atoms with van der Waals surface area (Å²) >= 11 is 0. The normalized spacial score (nSPS) is 28.1. The summed E-state index contributed by atoms with van der Waals surface area (Å²) in [5, 5.41) is 9.52. The van der Waals surface area contributed by atoms with Crippen molar-refractivity contribution in [3.63, 3.8) is 0 Å². The third kappa shape index (κ3) is 1.45. The number of fused-ring (bicyclic) bond motifs is 1.